The van der Waals surface area contributed by atoms with Crippen LogP contribution in [0.25, 0.3) is 0 Å². The zero-order chi connectivity index (χ0) is 12.6. The molecule has 0 heterocycles. The van der Waals surface area contributed by atoms with Crippen LogP contribution in [0.4, 0.5) is 0 Å². The Morgan fingerprint density at radius 3 is 1.88 bits per heavy atom. The minimum atomic E-state index is -0.443. The highest BCUT2D eigenvalue weighted by Gasteiger charge is 2.29. The lowest BCUT2D eigenvalue weighted by molar-refractivity contribution is -0.137. The Morgan fingerprint density at radius 1 is 1.12 bits per heavy atom. The van der Waals surface area contributed by atoms with E-state index in [1.165, 1.54) is 0 Å². The highest BCUT2D eigenvalue weighted by Crippen LogP contribution is 2.10. The maximum atomic E-state index is 12.3. The molecule has 0 atom stereocenters. The molecule has 3 heteroatoms. The zero-order valence-corrected chi connectivity index (χ0v) is 11.6. The molecule has 0 radical (unpaired) electrons. The van der Waals surface area contributed by atoms with Crippen molar-refractivity contribution in [2.75, 3.05) is 20.1 Å². The first kappa shape index (κ1) is 15.4. The van der Waals surface area contributed by atoms with Crippen molar-refractivity contribution in [3.8, 4) is 0 Å². The maximum Gasteiger partial charge on any atom is 0.242 e. The monoisotopic (exact) mass is 228 g/mol. The van der Waals surface area contributed by atoms with E-state index in [0.29, 0.717) is 0 Å². The van der Waals surface area contributed by atoms with E-state index in [4.69, 9.17) is 0 Å². The van der Waals surface area contributed by atoms with E-state index in [0.717, 1.165) is 38.8 Å². The minimum Gasteiger partial charge on any atom is -0.341 e. The molecule has 0 fully saturated rings. The Hall–Kier alpha value is -0.570. The molecule has 0 spiro atoms. The second kappa shape index (κ2) is 7.66. The highest BCUT2D eigenvalue weighted by molar-refractivity contribution is 5.85. The molecular weight excluding hydrogens is 200 g/mol. The zero-order valence-electron chi connectivity index (χ0n) is 11.6. The van der Waals surface area contributed by atoms with Gasteiger partial charge in [0.1, 0.15) is 0 Å². The Kier molecular flexibility index (Phi) is 7.39. The number of nitrogens with one attached hydrogen (secondary N) is 1. The van der Waals surface area contributed by atoms with Crippen LogP contribution in [-0.4, -0.2) is 36.5 Å². The molecule has 0 rings (SSSR count). The fraction of sp³-hybridized carbons (Fsp3) is 0.923. The van der Waals surface area contributed by atoms with Crippen molar-refractivity contribution in [3.63, 3.8) is 0 Å². The van der Waals surface area contributed by atoms with E-state index in [-0.39, 0.29) is 5.91 Å². The van der Waals surface area contributed by atoms with Crippen molar-refractivity contribution in [1.29, 1.82) is 0 Å². The molecule has 0 aromatic heterocycles. The summed E-state index contributed by atoms with van der Waals surface area (Å²) in [7, 11) is 1.84. The third-order valence-corrected chi connectivity index (χ3v) is 3.01. The van der Waals surface area contributed by atoms with Gasteiger partial charge in [0.05, 0.1) is 5.54 Å². The SMILES string of the molecule is CCCCN(CCCC)C(=O)C(C)(C)NC. The van der Waals surface area contributed by atoms with Gasteiger partial charge in [-0.3, -0.25) is 4.79 Å². The van der Waals surface area contributed by atoms with E-state index < -0.39 is 5.54 Å². The van der Waals surface area contributed by atoms with Crippen molar-refractivity contribution in [3.05, 3.63) is 0 Å². The lowest BCUT2D eigenvalue weighted by Crippen LogP contribution is -2.53. The smallest absolute Gasteiger partial charge is 0.242 e. The summed E-state index contributed by atoms with van der Waals surface area (Å²) < 4.78 is 0. The summed E-state index contributed by atoms with van der Waals surface area (Å²) in [6.45, 7) is 9.98. The Balaban J connectivity index is 4.42. The van der Waals surface area contributed by atoms with Crippen LogP contribution >= 0.6 is 0 Å². The summed E-state index contributed by atoms with van der Waals surface area (Å²) >= 11 is 0. The van der Waals surface area contributed by atoms with Crippen LogP contribution in [0, 0.1) is 0 Å². The summed E-state index contributed by atoms with van der Waals surface area (Å²) in [6.07, 6.45) is 4.45. The predicted octanol–water partition coefficient (Wildman–Crippen LogP) is 2.41. The Labute approximate surface area is 101 Å². The maximum absolute atomic E-state index is 12.3. The Bertz CT molecular complexity index is 194. The third-order valence-electron chi connectivity index (χ3n) is 3.01. The molecular formula is C13H28N2O. The van der Waals surface area contributed by atoms with Crippen molar-refractivity contribution >= 4 is 5.91 Å². The van der Waals surface area contributed by atoms with Gasteiger partial charge in [-0.05, 0) is 33.7 Å². The van der Waals surface area contributed by atoms with Gasteiger partial charge < -0.3 is 10.2 Å². The van der Waals surface area contributed by atoms with Gasteiger partial charge >= 0.3 is 0 Å². The van der Waals surface area contributed by atoms with Crippen molar-refractivity contribution in [1.82, 2.24) is 10.2 Å². The van der Waals surface area contributed by atoms with Gasteiger partial charge in [0.2, 0.25) is 5.91 Å². The van der Waals surface area contributed by atoms with Gasteiger partial charge in [0.25, 0.3) is 0 Å². The number of hydrogen-bond acceptors (Lipinski definition) is 2. The fourth-order valence-electron chi connectivity index (χ4n) is 1.52. The normalized spacial score (nSPS) is 11.6. The average molecular weight is 228 g/mol. The first-order valence-corrected chi connectivity index (χ1v) is 6.47. The number of rotatable bonds is 8. The largest absolute Gasteiger partial charge is 0.341 e. The molecule has 0 aliphatic heterocycles. The number of nitrogens with zero attached hydrogens (tertiary/aromatic N) is 1. The van der Waals surface area contributed by atoms with E-state index in [1.807, 2.05) is 25.8 Å². The molecule has 0 aliphatic rings. The lowest BCUT2D eigenvalue weighted by atomic mass is 10.0. The van der Waals surface area contributed by atoms with Crippen LogP contribution in [-0.2, 0) is 4.79 Å². The van der Waals surface area contributed by atoms with Crippen molar-refractivity contribution in [2.45, 2.75) is 58.9 Å². The van der Waals surface area contributed by atoms with Crippen LogP contribution in [0.5, 0.6) is 0 Å². The molecule has 96 valence electrons. The quantitative estimate of drug-likeness (QED) is 0.692. The molecule has 0 bridgehead atoms. The molecule has 0 saturated heterocycles. The highest BCUT2D eigenvalue weighted by atomic mass is 16.2. The van der Waals surface area contributed by atoms with Gasteiger partial charge in [-0.25, -0.2) is 0 Å². The summed E-state index contributed by atoms with van der Waals surface area (Å²) in [4.78, 5) is 14.3. The molecule has 0 unspecified atom stereocenters. The number of likely N-dealkylation sites (N-methyl/N-ethyl adjacent to an activating group) is 1. The molecule has 3 nitrogen and oxygen atoms in total. The summed E-state index contributed by atoms with van der Waals surface area (Å²) in [5, 5.41) is 3.08. The molecule has 0 aliphatic carbocycles. The minimum absolute atomic E-state index is 0.219. The van der Waals surface area contributed by atoms with E-state index in [9.17, 15) is 4.79 Å². The fourth-order valence-corrected chi connectivity index (χ4v) is 1.52. The summed E-state index contributed by atoms with van der Waals surface area (Å²) in [6, 6.07) is 0. The van der Waals surface area contributed by atoms with E-state index in [2.05, 4.69) is 19.2 Å². The topological polar surface area (TPSA) is 32.3 Å². The first-order valence-electron chi connectivity index (χ1n) is 6.47. The number of unbranched alkanes of at least 4 members (excludes halogenated alkanes) is 2. The van der Waals surface area contributed by atoms with Crippen LogP contribution in [0.3, 0.4) is 0 Å². The van der Waals surface area contributed by atoms with E-state index in [1.54, 1.807) is 0 Å². The van der Waals surface area contributed by atoms with Gasteiger partial charge in [-0.2, -0.15) is 0 Å². The van der Waals surface area contributed by atoms with Crippen molar-refractivity contribution in [2.24, 2.45) is 0 Å². The first-order chi connectivity index (χ1) is 7.49. The molecule has 1 N–H and O–H groups in total. The van der Waals surface area contributed by atoms with Crippen LogP contribution in [0.2, 0.25) is 0 Å². The summed E-state index contributed by atoms with van der Waals surface area (Å²) in [5.41, 5.74) is -0.443. The van der Waals surface area contributed by atoms with Crippen LogP contribution < -0.4 is 5.32 Å². The summed E-state index contributed by atoms with van der Waals surface area (Å²) in [5.74, 6) is 0.219. The van der Waals surface area contributed by atoms with Gasteiger partial charge in [0, 0.05) is 13.1 Å². The van der Waals surface area contributed by atoms with Crippen LogP contribution in [0.1, 0.15) is 53.4 Å². The Morgan fingerprint density at radius 2 is 1.56 bits per heavy atom. The van der Waals surface area contributed by atoms with E-state index >= 15 is 0 Å². The predicted molar refractivity (Wildman–Crippen MR) is 69.5 cm³/mol. The molecule has 0 aromatic rings. The second-order valence-electron chi connectivity index (χ2n) is 4.87. The molecule has 0 aromatic carbocycles. The number of amides is 1. The standard InChI is InChI=1S/C13H28N2O/c1-6-8-10-15(11-9-7-2)12(16)13(3,4)14-5/h14H,6-11H2,1-5H3. The third kappa shape index (κ3) is 4.97. The molecule has 1 amide bonds. The molecule has 0 saturated carbocycles. The lowest BCUT2D eigenvalue weighted by Gasteiger charge is -2.31. The number of hydrogen-bond donors (Lipinski definition) is 1. The number of carbonyl (C=O) groups excluding carboxylic acids is 1. The number of carbonyl (C=O) groups is 1. The van der Waals surface area contributed by atoms with Gasteiger partial charge in [-0.1, -0.05) is 26.7 Å². The molecule has 16 heavy (non-hydrogen) atoms. The average Bonchev–Trinajstić information content (AvgIpc) is 2.28. The van der Waals surface area contributed by atoms with Crippen molar-refractivity contribution < 1.29 is 4.79 Å². The van der Waals surface area contributed by atoms with Gasteiger partial charge in [-0.15, -0.1) is 0 Å². The van der Waals surface area contributed by atoms with Gasteiger partial charge in [0.15, 0.2) is 0 Å². The second-order valence-corrected chi connectivity index (χ2v) is 4.87. The van der Waals surface area contributed by atoms with Crippen LogP contribution in [0.15, 0.2) is 0 Å².